The van der Waals surface area contributed by atoms with Crippen LogP contribution >= 0.6 is 0 Å². The Hall–Kier alpha value is -2.24. The molecular weight excluding hydrogens is 358 g/mol. The molecular formula is C22H33NO5. The molecule has 2 atom stereocenters. The molecule has 0 radical (unpaired) electrons. The minimum absolute atomic E-state index is 0.142. The first kappa shape index (κ1) is 22.1. The van der Waals surface area contributed by atoms with Gasteiger partial charge in [0.1, 0.15) is 0 Å². The Morgan fingerprint density at radius 3 is 2.57 bits per heavy atom. The molecule has 2 unspecified atom stereocenters. The molecule has 1 saturated carbocycles. The molecule has 0 spiro atoms. The molecule has 156 valence electrons. The smallest absolute Gasteiger partial charge is 0.307 e. The van der Waals surface area contributed by atoms with Crippen molar-refractivity contribution in [2.45, 2.75) is 58.3 Å². The maximum atomic E-state index is 12.5. The lowest BCUT2D eigenvalue weighted by atomic mass is 9.78. The number of carboxylic acid groups (broad SMARTS) is 1. The monoisotopic (exact) mass is 391 g/mol. The molecule has 1 aromatic rings. The number of amides is 1. The van der Waals surface area contributed by atoms with Crippen LogP contribution in [0.1, 0.15) is 57.4 Å². The van der Waals surface area contributed by atoms with E-state index in [4.69, 9.17) is 9.47 Å². The summed E-state index contributed by atoms with van der Waals surface area (Å²) in [7, 11) is 1.62. The van der Waals surface area contributed by atoms with Crippen LogP contribution in [-0.2, 0) is 16.0 Å². The summed E-state index contributed by atoms with van der Waals surface area (Å²) in [4.78, 5) is 23.8. The number of rotatable bonds is 11. The zero-order valence-electron chi connectivity index (χ0n) is 17.0. The van der Waals surface area contributed by atoms with Gasteiger partial charge in [0.05, 0.1) is 25.6 Å². The minimum Gasteiger partial charge on any atom is -0.493 e. The molecule has 0 aliphatic heterocycles. The van der Waals surface area contributed by atoms with Crippen molar-refractivity contribution in [1.29, 1.82) is 0 Å². The third-order valence-corrected chi connectivity index (χ3v) is 5.37. The highest BCUT2D eigenvalue weighted by atomic mass is 16.5. The summed E-state index contributed by atoms with van der Waals surface area (Å²) in [5.74, 6) is -0.551. The van der Waals surface area contributed by atoms with Crippen LogP contribution in [0, 0.1) is 11.8 Å². The van der Waals surface area contributed by atoms with E-state index in [1.165, 1.54) is 0 Å². The molecule has 28 heavy (non-hydrogen) atoms. The fourth-order valence-electron chi connectivity index (χ4n) is 3.73. The lowest BCUT2D eigenvalue weighted by Crippen LogP contribution is -2.40. The van der Waals surface area contributed by atoms with Gasteiger partial charge >= 0.3 is 5.97 Å². The predicted octanol–water partition coefficient (Wildman–Crippen LogP) is 3.81. The highest BCUT2D eigenvalue weighted by Gasteiger charge is 2.35. The number of aliphatic carboxylic acids is 1. The van der Waals surface area contributed by atoms with Gasteiger partial charge in [0.2, 0.25) is 5.91 Å². The van der Waals surface area contributed by atoms with Gasteiger partial charge in [-0.25, -0.2) is 0 Å². The van der Waals surface area contributed by atoms with Gasteiger partial charge in [-0.3, -0.25) is 9.59 Å². The van der Waals surface area contributed by atoms with Crippen molar-refractivity contribution in [3.05, 3.63) is 23.8 Å². The molecule has 0 saturated heterocycles. The number of hydrogen-bond donors (Lipinski definition) is 2. The Balaban J connectivity index is 1.87. The summed E-state index contributed by atoms with van der Waals surface area (Å²) in [6, 6.07) is 5.80. The number of carbonyl (C=O) groups excluding carboxylic acids is 1. The van der Waals surface area contributed by atoms with Gasteiger partial charge in [-0.15, -0.1) is 0 Å². The van der Waals surface area contributed by atoms with Gasteiger partial charge in [0, 0.05) is 6.54 Å². The van der Waals surface area contributed by atoms with E-state index in [1.807, 2.05) is 18.2 Å². The normalized spacial score (nSPS) is 19.1. The zero-order chi connectivity index (χ0) is 20.4. The molecule has 6 heteroatoms. The highest BCUT2D eigenvalue weighted by molar-refractivity contribution is 5.84. The van der Waals surface area contributed by atoms with Gasteiger partial charge < -0.3 is 19.9 Å². The molecule has 0 aromatic heterocycles. The predicted molar refractivity (Wildman–Crippen MR) is 108 cm³/mol. The second-order valence-electron chi connectivity index (χ2n) is 7.42. The van der Waals surface area contributed by atoms with Crippen molar-refractivity contribution < 1.29 is 24.2 Å². The van der Waals surface area contributed by atoms with Crippen molar-refractivity contribution in [2.24, 2.45) is 11.8 Å². The van der Waals surface area contributed by atoms with Crippen molar-refractivity contribution in [3.8, 4) is 11.5 Å². The van der Waals surface area contributed by atoms with E-state index in [0.29, 0.717) is 38.2 Å². The zero-order valence-corrected chi connectivity index (χ0v) is 17.0. The number of unbranched alkanes of at least 4 members (excludes halogenated alkanes) is 2. The molecule has 0 bridgehead atoms. The molecule has 1 aromatic carbocycles. The van der Waals surface area contributed by atoms with E-state index in [2.05, 4.69) is 12.2 Å². The molecule has 6 nitrogen and oxygen atoms in total. The third-order valence-electron chi connectivity index (χ3n) is 5.37. The number of hydrogen-bond acceptors (Lipinski definition) is 4. The summed E-state index contributed by atoms with van der Waals surface area (Å²) >= 11 is 0. The second kappa shape index (κ2) is 11.6. The molecule has 1 aliphatic carbocycles. The quantitative estimate of drug-likeness (QED) is 0.560. The fourth-order valence-corrected chi connectivity index (χ4v) is 3.73. The largest absolute Gasteiger partial charge is 0.493 e. The van der Waals surface area contributed by atoms with E-state index in [-0.39, 0.29) is 5.91 Å². The summed E-state index contributed by atoms with van der Waals surface area (Å²) in [6.07, 6.45) is 6.98. The first-order chi connectivity index (χ1) is 13.6. The first-order valence-electron chi connectivity index (χ1n) is 10.4. The second-order valence-corrected chi connectivity index (χ2v) is 7.42. The van der Waals surface area contributed by atoms with Gasteiger partial charge in [-0.1, -0.05) is 38.7 Å². The van der Waals surface area contributed by atoms with Gasteiger partial charge in [0.15, 0.2) is 11.5 Å². The average Bonchev–Trinajstić information content (AvgIpc) is 2.71. The highest BCUT2D eigenvalue weighted by Crippen LogP contribution is 2.31. The molecule has 1 aliphatic rings. The topological polar surface area (TPSA) is 84.9 Å². The third kappa shape index (κ3) is 6.43. The summed E-state index contributed by atoms with van der Waals surface area (Å²) < 4.78 is 11.2. The van der Waals surface area contributed by atoms with Crippen LogP contribution < -0.4 is 14.8 Å². The van der Waals surface area contributed by atoms with E-state index in [1.54, 1.807) is 7.11 Å². The average molecular weight is 392 g/mol. The number of carboxylic acids is 1. The van der Waals surface area contributed by atoms with E-state index in [9.17, 15) is 14.7 Å². The van der Waals surface area contributed by atoms with Crippen LogP contribution in [0.3, 0.4) is 0 Å². The lowest BCUT2D eigenvalue weighted by molar-refractivity contribution is -0.148. The molecule has 1 amide bonds. The van der Waals surface area contributed by atoms with Crippen molar-refractivity contribution in [3.63, 3.8) is 0 Å². The van der Waals surface area contributed by atoms with Crippen LogP contribution in [0.4, 0.5) is 0 Å². The van der Waals surface area contributed by atoms with Gasteiger partial charge in [-0.05, 0) is 43.4 Å². The summed E-state index contributed by atoms with van der Waals surface area (Å²) in [5, 5.41) is 12.3. The van der Waals surface area contributed by atoms with Crippen LogP contribution in [0.2, 0.25) is 0 Å². The van der Waals surface area contributed by atoms with Gasteiger partial charge in [-0.2, -0.15) is 0 Å². The molecule has 2 rings (SSSR count). The molecule has 2 N–H and O–H groups in total. The van der Waals surface area contributed by atoms with E-state index >= 15 is 0 Å². The summed E-state index contributed by atoms with van der Waals surface area (Å²) in [5.41, 5.74) is 1.05. The van der Waals surface area contributed by atoms with E-state index in [0.717, 1.165) is 43.4 Å². The number of nitrogens with one attached hydrogen (secondary N) is 1. The van der Waals surface area contributed by atoms with Gasteiger partial charge in [0.25, 0.3) is 0 Å². The van der Waals surface area contributed by atoms with Crippen LogP contribution in [0.15, 0.2) is 18.2 Å². The van der Waals surface area contributed by atoms with E-state index < -0.39 is 17.8 Å². The maximum Gasteiger partial charge on any atom is 0.307 e. The Labute approximate surface area is 167 Å². The summed E-state index contributed by atoms with van der Waals surface area (Å²) in [6.45, 7) is 3.29. The Kier molecular flexibility index (Phi) is 9.11. The standard InChI is InChI=1S/C22H33NO5/c1-3-4-7-14-28-20-15-16(10-11-19(20)27-2)12-13-23-21(24)17-8-5-6-9-18(17)22(25)26/h10-11,15,17-18H,3-9,12-14H2,1-2H3,(H,23,24)(H,25,26). The number of carbonyl (C=O) groups is 2. The molecule has 1 fully saturated rings. The number of methoxy groups -OCH3 is 1. The van der Waals surface area contributed by atoms with Crippen LogP contribution in [0.5, 0.6) is 11.5 Å². The number of ether oxygens (including phenoxy) is 2. The Morgan fingerprint density at radius 1 is 1.14 bits per heavy atom. The Bertz CT molecular complexity index is 646. The van der Waals surface area contributed by atoms with Crippen molar-refractivity contribution >= 4 is 11.9 Å². The van der Waals surface area contributed by atoms with Crippen molar-refractivity contribution in [2.75, 3.05) is 20.3 Å². The minimum atomic E-state index is -0.861. The fraction of sp³-hybridized carbons (Fsp3) is 0.636. The van der Waals surface area contributed by atoms with Crippen LogP contribution in [-0.4, -0.2) is 37.2 Å². The lowest BCUT2D eigenvalue weighted by Gasteiger charge is -2.27. The molecule has 0 heterocycles. The van der Waals surface area contributed by atoms with Crippen molar-refractivity contribution in [1.82, 2.24) is 5.32 Å². The van der Waals surface area contributed by atoms with Crippen LogP contribution in [0.25, 0.3) is 0 Å². The number of benzene rings is 1. The first-order valence-corrected chi connectivity index (χ1v) is 10.4. The Morgan fingerprint density at radius 2 is 1.89 bits per heavy atom. The SMILES string of the molecule is CCCCCOc1cc(CCNC(=O)C2CCCCC2C(=O)O)ccc1OC. The maximum absolute atomic E-state index is 12.5.